The monoisotopic (exact) mass is 312 g/mol. The van der Waals surface area contributed by atoms with E-state index in [9.17, 15) is 13.2 Å². The number of aromatic nitrogens is 1. The van der Waals surface area contributed by atoms with E-state index in [1.165, 1.54) is 4.31 Å². The minimum Gasteiger partial charge on any atom is -0.315 e. The molecule has 0 amide bonds. The first-order valence-corrected chi connectivity index (χ1v) is 8.41. The molecular weight excluding hydrogens is 296 g/mol. The quantitative estimate of drug-likeness (QED) is 0.941. The van der Waals surface area contributed by atoms with Crippen LogP contribution in [0.2, 0.25) is 0 Å². The number of sulfonamides is 1. The molecule has 1 N–H and O–H groups in total. The van der Waals surface area contributed by atoms with Gasteiger partial charge in [-0.05, 0) is 32.4 Å². The fourth-order valence-electron chi connectivity index (χ4n) is 2.05. The average Bonchev–Trinajstić information content (AvgIpc) is 2.72. The van der Waals surface area contributed by atoms with E-state index in [0.29, 0.717) is 17.9 Å². The van der Waals surface area contributed by atoms with Crippen LogP contribution >= 0.6 is 11.3 Å². The molecule has 7 heteroatoms. The lowest BCUT2D eigenvalue weighted by molar-refractivity contribution is 0.593. The van der Waals surface area contributed by atoms with Crippen molar-refractivity contribution in [1.29, 1.82) is 0 Å². The second kappa shape index (κ2) is 5.41. The zero-order valence-corrected chi connectivity index (χ0v) is 13.1. The molecule has 1 aromatic heterocycles. The number of anilines is 1. The van der Waals surface area contributed by atoms with E-state index >= 15 is 0 Å². The normalized spacial score (nSPS) is 11.6. The molecule has 0 aliphatic rings. The number of H-pyrrole nitrogens is 1. The average molecular weight is 312 g/mol. The van der Waals surface area contributed by atoms with Crippen molar-refractivity contribution in [2.75, 3.05) is 10.8 Å². The van der Waals surface area contributed by atoms with Crippen molar-refractivity contribution < 1.29 is 8.42 Å². The maximum Gasteiger partial charge on any atom is 0.306 e. The van der Waals surface area contributed by atoms with E-state index in [4.69, 9.17) is 0 Å². The summed E-state index contributed by atoms with van der Waals surface area (Å²) in [6.07, 6.45) is 0. The molecule has 0 aliphatic heterocycles. The Morgan fingerprint density at radius 3 is 2.40 bits per heavy atom. The molecule has 1 aromatic carbocycles. The Labute approximate surface area is 121 Å². The van der Waals surface area contributed by atoms with Gasteiger partial charge in [-0.2, -0.15) is 0 Å². The molecule has 0 spiro atoms. The molecule has 2 rings (SSSR count). The highest BCUT2D eigenvalue weighted by atomic mass is 32.2. The first-order chi connectivity index (χ1) is 9.37. The number of aromatic amines is 1. The second-order valence-electron chi connectivity index (χ2n) is 4.38. The minimum absolute atomic E-state index is 0.0765. The van der Waals surface area contributed by atoms with Crippen LogP contribution in [0.3, 0.4) is 0 Å². The third-order valence-corrected chi connectivity index (χ3v) is 6.45. The van der Waals surface area contributed by atoms with E-state index in [0.717, 1.165) is 16.9 Å². The van der Waals surface area contributed by atoms with Gasteiger partial charge < -0.3 is 4.98 Å². The van der Waals surface area contributed by atoms with Gasteiger partial charge in [0.2, 0.25) is 0 Å². The van der Waals surface area contributed by atoms with Gasteiger partial charge in [0.25, 0.3) is 10.0 Å². The smallest absolute Gasteiger partial charge is 0.306 e. The van der Waals surface area contributed by atoms with Crippen molar-refractivity contribution in [2.45, 2.75) is 25.0 Å². The van der Waals surface area contributed by atoms with Crippen LogP contribution in [-0.4, -0.2) is 19.9 Å². The maximum atomic E-state index is 12.7. The summed E-state index contributed by atoms with van der Waals surface area (Å²) in [6, 6.07) is 7.28. The van der Waals surface area contributed by atoms with Crippen molar-refractivity contribution in [3.8, 4) is 0 Å². The highest BCUT2D eigenvalue weighted by molar-refractivity contribution is 7.94. The highest BCUT2D eigenvalue weighted by Crippen LogP contribution is 2.28. The van der Waals surface area contributed by atoms with Crippen molar-refractivity contribution in [3.63, 3.8) is 0 Å². The van der Waals surface area contributed by atoms with Gasteiger partial charge in [0.05, 0.1) is 5.69 Å². The van der Waals surface area contributed by atoms with Crippen LogP contribution in [0.4, 0.5) is 5.69 Å². The van der Waals surface area contributed by atoms with E-state index in [1.807, 2.05) is 19.1 Å². The van der Waals surface area contributed by atoms with Crippen molar-refractivity contribution in [1.82, 2.24) is 4.98 Å². The summed E-state index contributed by atoms with van der Waals surface area (Å²) in [7, 11) is -3.72. The minimum atomic E-state index is -3.72. The number of nitrogens with one attached hydrogen (secondary N) is 1. The fourth-order valence-corrected chi connectivity index (χ4v) is 4.99. The van der Waals surface area contributed by atoms with Gasteiger partial charge in [-0.25, -0.2) is 8.42 Å². The predicted molar refractivity (Wildman–Crippen MR) is 81.1 cm³/mol. The summed E-state index contributed by atoms with van der Waals surface area (Å²) < 4.78 is 26.9. The molecule has 2 aromatic rings. The van der Waals surface area contributed by atoms with Crippen LogP contribution < -0.4 is 9.18 Å². The van der Waals surface area contributed by atoms with E-state index in [1.54, 1.807) is 26.0 Å². The van der Waals surface area contributed by atoms with Gasteiger partial charge in [-0.3, -0.25) is 9.10 Å². The second-order valence-corrected chi connectivity index (χ2v) is 7.42. The number of hydrogen-bond acceptors (Lipinski definition) is 4. The summed E-state index contributed by atoms with van der Waals surface area (Å²) in [6.45, 7) is 5.53. The Kier molecular flexibility index (Phi) is 4.01. The molecule has 0 aliphatic carbocycles. The van der Waals surface area contributed by atoms with E-state index in [-0.39, 0.29) is 9.08 Å². The summed E-state index contributed by atoms with van der Waals surface area (Å²) >= 11 is 0.725. The number of rotatable bonds is 4. The van der Waals surface area contributed by atoms with E-state index in [2.05, 4.69) is 4.98 Å². The van der Waals surface area contributed by atoms with Gasteiger partial charge in [-0.1, -0.05) is 29.5 Å². The van der Waals surface area contributed by atoms with Gasteiger partial charge in [0, 0.05) is 12.2 Å². The molecule has 0 atom stereocenters. The molecule has 20 heavy (non-hydrogen) atoms. The van der Waals surface area contributed by atoms with Crippen LogP contribution in [-0.2, 0) is 10.0 Å². The lowest BCUT2D eigenvalue weighted by Crippen LogP contribution is -2.31. The number of hydrogen-bond donors (Lipinski definition) is 1. The largest absolute Gasteiger partial charge is 0.315 e. The van der Waals surface area contributed by atoms with Crippen LogP contribution in [0.15, 0.2) is 33.3 Å². The molecule has 0 saturated carbocycles. The van der Waals surface area contributed by atoms with Gasteiger partial charge in [-0.15, -0.1) is 0 Å². The Hall–Kier alpha value is -1.60. The van der Waals surface area contributed by atoms with Crippen LogP contribution in [0.1, 0.15) is 18.2 Å². The summed E-state index contributed by atoms with van der Waals surface area (Å²) in [5.41, 5.74) is 1.89. The molecule has 0 radical (unpaired) electrons. The Morgan fingerprint density at radius 2 is 1.90 bits per heavy atom. The lowest BCUT2D eigenvalue weighted by atomic mass is 10.2. The van der Waals surface area contributed by atoms with E-state index < -0.39 is 10.0 Å². The van der Waals surface area contributed by atoms with Crippen LogP contribution in [0.25, 0.3) is 0 Å². The summed E-state index contributed by atoms with van der Waals surface area (Å²) in [4.78, 5) is 13.5. The number of nitrogens with zero attached hydrogens (tertiary/aromatic N) is 1. The number of aryl methyl sites for hydroxylation is 2. The molecule has 0 bridgehead atoms. The Balaban J connectivity index is 2.60. The number of thiazole rings is 1. The van der Waals surface area contributed by atoms with Crippen LogP contribution in [0, 0.1) is 13.8 Å². The summed E-state index contributed by atoms with van der Waals surface area (Å²) in [5.74, 6) is 0. The lowest BCUT2D eigenvalue weighted by Gasteiger charge is -2.23. The maximum absolute atomic E-state index is 12.7. The standard InChI is InChI=1S/C13H16N2O3S2/c1-4-15(11-8-6-5-7-9(11)2)20(17,18)12-10(3)14-13(16)19-12/h5-8H,4H2,1-3H3,(H,14,16). The molecule has 5 nitrogen and oxygen atoms in total. The first kappa shape index (κ1) is 14.8. The van der Waals surface area contributed by atoms with Gasteiger partial charge in [0.1, 0.15) is 0 Å². The molecule has 0 fully saturated rings. The molecule has 1 heterocycles. The van der Waals surface area contributed by atoms with Crippen LogP contribution in [0.5, 0.6) is 0 Å². The van der Waals surface area contributed by atoms with Crippen molar-refractivity contribution in [3.05, 3.63) is 45.2 Å². The van der Waals surface area contributed by atoms with Gasteiger partial charge in [0.15, 0.2) is 4.21 Å². The first-order valence-electron chi connectivity index (χ1n) is 6.16. The molecule has 0 saturated heterocycles. The highest BCUT2D eigenvalue weighted by Gasteiger charge is 2.28. The van der Waals surface area contributed by atoms with Crippen molar-refractivity contribution in [2.24, 2.45) is 0 Å². The van der Waals surface area contributed by atoms with Crippen molar-refractivity contribution >= 4 is 27.0 Å². The third-order valence-electron chi connectivity index (χ3n) is 2.98. The third kappa shape index (κ3) is 2.51. The Bertz CT molecular complexity index is 775. The SMILES string of the molecule is CCN(c1ccccc1C)S(=O)(=O)c1sc(=O)[nH]c1C. The number of benzene rings is 1. The fraction of sp³-hybridized carbons (Fsp3) is 0.308. The predicted octanol–water partition coefficient (Wildman–Crippen LogP) is 2.27. The summed E-state index contributed by atoms with van der Waals surface area (Å²) in [5, 5.41) is 0. The molecular formula is C13H16N2O3S2. The molecule has 108 valence electrons. The topological polar surface area (TPSA) is 70.2 Å². The van der Waals surface area contributed by atoms with Gasteiger partial charge >= 0.3 is 4.87 Å². The Morgan fingerprint density at radius 1 is 1.25 bits per heavy atom. The zero-order valence-electron chi connectivity index (χ0n) is 11.5. The molecule has 0 unspecified atom stereocenters. The number of para-hydroxylation sites is 1. The zero-order chi connectivity index (χ0) is 14.9.